The minimum absolute atomic E-state index is 0.0948. The zero-order valence-electron chi connectivity index (χ0n) is 21.5. The molecule has 2 atom stereocenters. The van der Waals surface area contributed by atoms with Crippen LogP contribution in [0.25, 0.3) is 5.57 Å². The predicted octanol–water partition coefficient (Wildman–Crippen LogP) is 6.74. The maximum Gasteiger partial charge on any atom is 0.339 e. The number of methoxy groups -OCH3 is 1. The van der Waals surface area contributed by atoms with Crippen LogP contribution in [-0.4, -0.2) is 18.2 Å². The summed E-state index contributed by atoms with van der Waals surface area (Å²) in [5.74, 6) is 0.479. The van der Waals surface area contributed by atoms with Crippen molar-refractivity contribution in [3.05, 3.63) is 113 Å². The minimum atomic E-state index is -1.04. The summed E-state index contributed by atoms with van der Waals surface area (Å²) in [5, 5.41) is 9.60. The van der Waals surface area contributed by atoms with E-state index in [0.717, 1.165) is 29.8 Å². The highest BCUT2D eigenvalue weighted by Gasteiger charge is 2.36. The highest BCUT2D eigenvalue weighted by Crippen LogP contribution is 2.50. The molecular formula is C31H34N2O4. The molecule has 2 unspecified atom stereocenters. The van der Waals surface area contributed by atoms with Gasteiger partial charge in [0.2, 0.25) is 0 Å². The largest absolute Gasteiger partial charge is 0.503 e. The minimum Gasteiger partial charge on any atom is -0.503 e. The normalized spacial score (nSPS) is 16.9. The third-order valence-electron chi connectivity index (χ3n) is 6.68. The first-order chi connectivity index (χ1) is 18.0. The van der Waals surface area contributed by atoms with Crippen LogP contribution < -0.4 is 15.6 Å². The van der Waals surface area contributed by atoms with Gasteiger partial charge in [-0.25, -0.2) is 4.79 Å². The number of allylic oxidation sites excluding steroid dienone is 2. The Labute approximate surface area is 218 Å². The zero-order valence-corrected chi connectivity index (χ0v) is 21.5. The van der Waals surface area contributed by atoms with Crippen molar-refractivity contribution in [3.8, 4) is 5.75 Å². The molecule has 3 aromatic rings. The summed E-state index contributed by atoms with van der Waals surface area (Å²) in [5.41, 5.74) is 13.2. The van der Waals surface area contributed by atoms with Gasteiger partial charge in [-0.05, 0) is 65.3 Å². The topological polar surface area (TPSA) is 79.8 Å². The quantitative estimate of drug-likeness (QED) is 0.146. The number of para-hydroxylation sites is 1. The molecule has 0 amide bonds. The Kier molecular flexibility index (Phi) is 8.52. The van der Waals surface area contributed by atoms with Crippen molar-refractivity contribution < 1.29 is 19.4 Å². The first kappa shape index (κ1) is 25.9. The van der Waals surface area contributed by atoms with Crippen LogP contribution in [0.2, 0.25) is 0 Å². The summed E-state index contributed by atoms with van der Waals surface area (Å²) in [4.78, 5) is 11.7. The van der Waals surface area contributed by atoms with Crippen LogP contribution in [0, 0.1) is 5.92 Å². The van der Waals surface area contributed by atoms with Crippen LogP contribution in [0.1, 0.15) is 49.3 Å². The van der Waals surface area contributed by atoms with Crippen molar-refractivity contribution in [1.29, 1.82) is 0 Å². The Bertz CT molecular complexity index is 1280. The maximum absolute atomic E-state index is 11.7. The summed E-state index contributed by atoms with van der Waals surface area (Å²) in [6.45, 7) is 4.70. The molecule has 4 rings (SSSR count). The Morgan fingerprint density at radius 1 is 1.08 bits per heavy atom. The van der Waals surface area contributed by atoms with Gasteiger partial charge >= 0.3 is 5.97 Å². The van der Waals surface area contributed by atoms with Crippen molar-refractivity contribution >= 4 is 17.2 Å². The number of hydrazine groups is 1. The second-order valence-electron chi connectivity index (χ2n) is 9.21. The molecule has 3 aromatic carbocycles. The molecule has 0 aromatic heterocycles. The lowest BCUT2D eigenvalue weighted by molar-refractivity contribution is -0.130. The van der Waals surface area contributed by atoms with Gasteiger partial charge in [0.05, 0.1) is 19.1 Å². The number of carboxylic acids is 1. The van der Waals surface area contributed by atoms with Gasteiger partial charge in [-0.2, -0.15) is 0 Å². The fraction of sp³-hybridized carbons (Fsp3) is 0.258. The average Bonchev–Trinajstić information content (AvgIpc) is 3.72. The standard InChI is InChI=1S/C31H34N2O4/c1-4-21(2)30(33-32-24-13-6-5-7-14-24)28-18-27(28)22-12-10-15-25(17-22)37-19-23-11-8-9-16-26(23)29(20-36-3)31(34)35/h5-17,20-21,27,32-33H,4,18-19H2,1-3H3,(H,34,35)/b29-20+,30-28+. The van der Waals surface area contributed by atoms with Crippen LogP contribution in [0.4, 0.5) is 5.69 Å². The SMILES string of the molecule is CCC(C)/C(NNc1ccccc1)=C1/CC1c1cccc(OCc2ccccc2/C(=C\OC)C(=O)O)c1. The highest BCUT2D eigenvalue weighted by molar-refractivity contribution is 6.15. The molecule has 0 saturated heterocycles. The van der Waals surface area contributed by atoms with E-state index in [4.69, 9.17) is 9.47 Å². The molecule has 1 saturated carbocycles. The Morgan fingerprint density at radius 3 is 2.57 bits per heavy atom. The second-order valence-corrected chi connectivity index (χ2v) is 9.21. The molecule has 6 nitrogen and oxygen atoms in total. The second kappa shape index (κ2) is 12.2. The number of ether oxygens (including phenoxy) is 2. The monoisotopic (exact) mass is 498 g/mol. The van der Waals surface area contributed by atoms with Gasteiger partial charge in [0.25, 0.3) is 0 Å². The van der Waals surface area contributed by atoms with Gasteiger partial charge in [0.1, 0.15) is 17.9 Å². The van der Waals surface area contributed by atoms with Gasteiger partial charge in [-0.3, -0.25) is 0 Å². The molecule has 0 radical (unpaired) electrons. The molecule has 0 aliphatic heterocycles. The molecule has 3 N–H and O–H groups in total. The predicted molar refractivity (Wildman–Crippen MR) is 147 cm³/mol. The lowest BCUT2D eigenvalue weighted by Crippen LogP contribution is -2.25. The summed E-state index contributed by atoms with van der Waals surface area (Å²) >= 11 is 0. The van der Waals surface area contributed by atoms with Crippen molar-refractivity contribution in [2.75, 3.05) is 12.5 Å². The highest BCUT2D eigenvalue weighted by atomic mass is 16.5. The van der Waals surface area contributed by atoms with Crippen LogP contribution in [-0.2, 0) is 16.1 Å². The molecule has 1 fully saturated rings. The number of carbonyl (C=O) groups is 1. The van der Waals surface area contributed by atoms with Crippen molar-refractivity contribution in [1.82, 2.24) is 5.43 Å². The number of hydrogen-bond donors (Lipinski definition) is 3. The number of carboxylic acid groups (broad SMARTS) is 1. The Hall–Kier alpha value is -4.19. The summed E-state index contributed by atoms with van der Waals surface area (Å²) in [6.07, 6.45) is 3.31. The van der Waals surface area contributed by atoms with Gasteiger partial charge in [0.15, 0.2) is 0 Å². The van der Waals surface area contributed by atoms with Crippen LogP contribution in [0.3, 0.4) is 0 Å². The molecular weight excluding hydrogens is 464 g/mol. The zero-order chi connectivity index (χ0) is 26.2. The molecule has 0 bridgehead atoms. The third-order valence-corrected chi connectivity index (χ3v) is 6.68. The number of nitrogens with one attached hydrogen (secondary N) is 2. The van der Waals surface area contributed by atoms with Crippen LogP contribution in [0.5, 0.6) is 5.75 Å². The third kappa shape index (κ3) is 6.53. The fourth-order valence-corrected chi connectivity index (χ4v) is 4.40. The van der Waals surface area contributed by atoms with E-state index in [1.54, 1.807) is 6.07 Å². The Balaban J connectivity index is 1.48. The molecule has 37 heavy (non-hydrogen) atoms. The van der Waals surface area contributed by atoms with Crippen molar-refractivity contribution in [3.63, 3.8) is 0 Å². The van der Waals surface area contributed by atoms with E-state index >= 15 is 0 Å². The number of rotatable bonds is 12. The van der Waals surface area contributed by atoms with Crippen LogP contribution >= 0.6 is 0 Å². The van der Waals surface area contributed by atoms with Crippen molar-refractivity contribution in [2.45, 2.75) is 39.2 Å². The number of anilines is 1. The van der Waals surface area contributed by atoms with E-state index in [2.05, 4.69) is 36.8 Å². The first-order valence-electron chi connectivity index (χ1n) is 12.6. The lowest BCUT2D eigenvalue weighted by Gasteiger charge is -2.18. The average molecular weight is 499 g/mol. The van der Waals surface area contributed by atoms with E-state index in [1.807, 2.05) is 60.7 Å². The fourth-order valence-electron chi connectivity index (χ4n) is 4.40. The molecule has 1 aliphatic rings. The molecule has 192 valence electrons. The lowest BCUT2D eigenvalue weighted by atomic mass is 10.0. The summed E-state index contributed by atoms with van der Waals surface area (Å²) < 4.78 is 11.1. The van der Waals surface area contributed by atoms with Crippen LogP contribution in [0.15, 0.2) is 96.4 Å². The van der Waals surface area contributed by atoms with E-state index in [9.17, 15) is 9.90 Å². The number of aliphatic carboxylic acids is 1. The van der Waals surface area contributed by atoms with E-state index in [1.165, 1.54) is 30.2 Å². The van der Waals surface area contributed by atoms with E-state index in [0.29, 0.717) is 17.4 Å². The van der Waals surface area contributed by atoms with Gasteiger partial charge in [-0.15, -0.1) is 0 Å². The molecule has 1 aliphatic carbocycles. The van der Waals surface area contributed by atoms with Gasteiger partial charge in [-0.1, -0.05) is 68.4 Å². The Morgan fingerprint density at radius 2 is 1.84 bits per heavy atom. The maximum atomic E-state index is 11.7. The summed E-state index contributed by atoms with van der Waals surface area (Å²) in [7, 11) is 1.44. The first-order valence-corrected chi connectivity index (χ1v) is 12.6. The van der Waals surface area contributed by atoms with Gasteiger partial charge in [0, 0.05) is 11.6 Å². The smallest absolute Gasteiger partial charge is 0.339 e. The summed E-state index contributed by atoms with van der Waals surface area (Å²) in [6, 6.07) is 25.6. The van der Waals surface area contributed by atoms with Gasteiger partial charge < -0.3 is 25.4 Å². The molecule has 0 heterocycles. The van der Waals surface area contributed by atoms with E-state index < -0.39 is 5.97 Å². The number of hydrogen-bond acceptors (Lipinski definition) is 5. The molecule has 0 spiro atoms. The number of benzene rings is 3. The van der Waals surface area contributed by atoms with Crippen molar-refractivity contribution in [2.24, 2.45) is 5.92 Å². The van der Waals surface area contributed by atoms with E-state index in [-0.39, 0.29) is 12.2 Å². The molecule has 6 heteroatoms.